The minimum Gasteiger partial charge on any atom is -0.473 e. The van der Waals surface area contributed by atoms with Crippen LogP contribution in [0.4, 0.5) is 5.69 Å². The topological polar surface area (TPSA) is 143 Å². The Labute approximate surface area is 125 Å². The highest BCUT2D eigenvalue weighted by Gasteiger charge is 2.05. The van der Waals surface area contributed by atoms with E-state index in [4.69, 9.17) is 35.4 Å². The molecule has 0 aliphatic carbocycles. The minimum atomic E-state index is -1.82. The number of nitrogen functional groups attached to an aromatic ring is 1. The molecular formula is C14H14N2O6. The van der Waals surface area contributed by atoms with Crippen molar-refractivity contribution in [2.24, 2.45) is 0 Å². The summed E-state index contributed by atoms with van der Waals surface area (Å²) in [5, 5.41) is 23.9. The van der Waals surface area contributed by atoms with Crippen molar-refractivity contribution in [2.45, 2.75) is 6.61 Å². The fourth-order valence-electron chi connectivity index (χ4n) is 1.33. The first-order valence-electron chi connectivity index (χ1n) is 5.98. The van der Waals surface area contributed by atoms with Gasteiger partial charge in [-0.1, -0.05) is 18.2 Å². The third-order valence-corrected chi connectivity index (χ3v) is 2.36. The molecular weight excluding hydrogens is 292 g/mol. The van der Waals surface area contributed by atoms with Gasteiger partial charge in [-0.2, -0.15) is 0 Å². The van der Waals surface area contributed by atoms with E-state index < -0.39 is 11.9 Å². The second kappa shape index (κ2) is 8.22. The van der Waals surface area contributed by atoms with E-state index in [0.29, 0.717) is 22.7 Å². The van der Waals surface area contributed by atoms with Gasteiger partial charge in [0.1, 0.15) is 5.75 Å². The maximum atomic E-state index is 9.14. The average molecular weight is 306 g/mol. The Morgan fingerprint density at radius 1 is 1.09 bits per heavy atom. The number of rotatable bonds is 3. The summed E-state index contributed by atoms with van der Waals surface area (Å²) in [6.07, 6.45) is 3.14. The molecule has 0 atom stereocenters. The quantitative estimate of drug-likeness (QED) is 0.617. The molecule has 0 saturated carbocycles. The van der Waals surface area contributed by atoms with Crippen LogP contribution in [0, 0.1) is 0 Å². The number of nitrogens with two attached hydrogens (primary N) is 1. The van der Waals surface area contributed by atoms with Crippen molar-refractivity contribution < 1.29 is 29.6 Å². The third kappa shape index (κ3) is 5.10. The summed E-state index contributed by atoms with van der Waals surface area (Å²) < 4.78 is 5.58. The van der Waals surface area contributed by atoms with E-state index in [2.05, 4.69) is 4.98 Å². The maximum Gasteiger partial charge on any atom is 0.414 e. The molecule has 1 aromatic heterocycles. The summed E-state index contributed by atoms with van der Waals surface area (Å²) in [7, 11) is 0. The number of aliphatic hydroxyl groups is 1. The predicted octanol–water partition coefficient (Wildman–Crippen LogP) is 1.10. The van der Waals surface area contributed by atoms with E-state index in [-0.39, 0.29) is 6.61 Å². The Bertz CT molecular complexity index is 647. The highest BCUT2D eigenvalue weighted by molar-refractivity contribution is 6.27. The normalized spacial score (nSPS) is 9.32. The van der Waals surface area contributed by atoms with E-state index in [1.165, 1.54) is 0 Å². The zero-order valence-electron chi connectivity index (χ0n) is 11.3. The molecule has 0 amide bonds. The molecule has 2 aromatic rings. The summed E-state index contributed by atoms with van der Waals surface area (Å²) in [4.78, 5) is 22.1. The molecule has 0 fully saturated rings. The molecule has 8 heteroatoms. The Hall–Kier alpha value is -3.13. The second-order valence-electron chi connectivity index (χ2n) is 3.89. The highest BCUT2D eigenvalue weighted by Crippen LogP contribution is 2.28. The minimum absolute atomic E-state index is 0.0731. The number of carboxylic acids is 2. The molecule has 0 unspecified atom stereocenters. The second-order valence-corrected chi connectivity index (χ2v) is 3.89. The first kappa shape index (κ1) is 16.9. The van der Waals surface area contributed by atoms with Gasteiger partial charge in [0.25, 0.3) is 0 Å². The zero-order valence-corrected chi connectivity index (χ0v) is 11.3. The van der Waals surface area contributed by atoms with Crippen molar-refractivity contribution in [3.8, 4) is 11.5 Å². The van der Waals surface area contributed by atoms with Crippen molar-refractivity contribution in [2.75, 3.05) is 5.73 Å². The maximum absolute atomic E-state index is 9.14. The van der Waals surface area contributed by atoms with Crippen LogP contribution in [-0.4, -0.2) is 32.2 Å². The number of nitrogens with zero attached hydrogens (tertiary/aromatic N) is 1. The lowest BCUT2D eigenvalue weighted by atomic mass is 10.2. The SMILES string of the molecule is Nc1ccncc1Oc1ccccc1CO.O=C(O)C(=O)O. The lowest BCUT2D eigenvalue weighted by Crippen LogP contribution is -2.09. The van der Waals surface area contributed by atoms with Crippen LogP contribution in [0.25, 0.3) is 0 Å². The van der Waals surface area contributed by atoms with Gasteiger partial charge < -0.3 is 25.8 Å². The van der Waals surface area contributed by atoms with E-state index in [1.54, 1.807) is 30.6 Å². The van der Waals surface area contributed by atoms with Gasteiger partial charge in [-0.05, 0) is 12.1 Å². The van der Waals surface area contributed by atoms with Crippen molar-refractivity contribution in [3.05, 3.63) is 48.3 Å². The number of ether oxygens (including phenoxy) is 1. The average Bonchev–Trinajstić information content (AvgIpc) is 2.50. The number of carbonyl (C=O) groups is 2. The molecule has 1 aromatic carbocycles. The van der Waals surface area contributed by atoms with Crippen molar-refractivity contribution in [1.82, 2.24) is 4.98 Å². The van der Waals surface area contributed by atoms with Gasteiger partial charge in [-0.25, -0.2) is 9.59 Å². The van der Waals surface area contributed by atoms with Crippen LogP contribution in [0.5, 0.6) is 11.5 Å². The number of benzene rings is 1. The number of para-hydroxylation sites is 1. The van der Waals surface area contributed by atoms with Crippen LogP contribution < -0.4 is 10.5 Å². The number of hydrogen-bond donors (Lipinski definition) is 4. The van der Waals surface area contributed by atoms with Gasteiger partial charge in [0.15, 0.2) is 5.75 Å². The standard InChI is InChI=1S/C12H12N2O2.C2H2O4/c13-10-5-6-14-7-12(10)16-11-4-2-1-3-9(11)8-15;3-1(4)2(5)6/h1-7,15H,8H2,(H2,13,14);(H,3,4)(H,5,6). The molecule has 5 N–H and O–H groups in total. The van der Waals surface area contributed by atoms with Crippen LogP contribution >= 0.6 is 0 Å². The van der Waals surface area contributed by atoms with Gasteiger partial charge in [-0.15, -0.1) is 0 Å². The summed E-state index contributed by atoms with van der Waals surface area (Å²) in [6.45, 7) is -0.0731. The summed E-state index contributed by atoms with van der Waals surface area (Å²) in [6, 6.07) is 8.91. The molecule has 0 saturated heterocycles. The fourth-order valence-corrected chi connectivity index (χ4v) is 1.33. The number of hydrogen-bond acceptors (Lipinski definition) is 6. The molecule has 116 valence electrons. The molecule has 2 rings (SSSR count). The van der Waals surface area contributed by atoms with Gasteiger partial charge in [0.05, 0.1) is 18.5 Å². The predicted molar refractivity (Wildman–Crippen MR) is 76.4 cm³/mol. The molecule has 0 radical (unpaired) electrons. The molecule has 8 nitrogen and oxygen atoms in total. The lowest BCUT2D eigenvalue weighted by molar-refractivity contribution is -0.159. The third-order valence-electron chi connectivity index (χ3n) is 2.36. The van der Waals surface area contributed by atoms with Crippen molar-refractivity contribution in [1.29, 1.82) is 0 Å². The fraction of sp³-hybridized carbons (Fsp3) is 0.0714. The number of pyridine rings is 1. The van der Waals surface area contributed by atoms with Crippen LogP contribution in [0.1, 0.15) is 5.56 Å². The number of carboxylic acid groups (broad SMARTS) is 2. The van der Waals surface area contributed by atoms with Gasteiger partial charge >= 0.3 is 11.9 Å². The van der Waals surface area contributed by atoms with E-state index in [1.807, 2.05) is 12.1 Å². The molecule has 22 heavy (non-hydrogen) atoms. The number of anilines is 1. The van der Waals surface area contributed by atoms with E-state index in [0.717, 1.165) is 0 Å². The monoisotopic (exact) mass is 306 g/mol. The van der Waals surface area contributed by atoms with Crippen molar-refractivity contribution in [3.63, 3.8) is 0 Å². The Kier molecular flexibility index (Phi) is 6.32. The Morgan fingerprint density at radius 3 is 2.27 bits per heavy atom. The summed E-state index contributed by atoms with van der Waals surface area (Å²) >= 11 is 0. The first-order chi connectivity index (χ1) is 10.5. The lowest BCUT2D eigenvalue weighted by Gasteiger charge is -2.10. The molecule has 0 spiro atoms. The Balaban J connectivity index is 0.000000346. The van der Waals surface area contributed by atoms with E-state index >= 15 is 0 Å². The molecule has 0 bridgehead atoms. The largest absolute Gasteiger partial charge is 0.473 e. The van der Waals surface area contributed by atoms with Crippen molar-refractivity contribution >= 4 is 17.6 Å². The smallest absolute Gasteiger partial charge is 0.414 e. The number of aliphatic carboxylic acids is 2. The van der Waals surface area contributed by atoms with Crippen LogP contribution in [0.2, 0.25) is 0 Å². The van der Waals surface area contributed by atoms with Crippen LogP contribution in [-0.2, 0) is 16.2 Å². The first-order valence-corrected chi connectivity index (χ1v) is 5.98. The van der Waals surface area contributed by atoms with E-state index in [9.17, 15) is 0 Å². The zero-order chi connectivity index (χ0) is 16.5. The van der Waals surface area contributed by atoms with Gasteiger partial charge in [-0.3, -0.25) is 4.98 Å². The highest BCUT2D eigenvalue weighted by atomic mass is 16.5. The van der Waals surface area contributed by atoms with Crippen LogP contribution in [0.3, 0.4) is 0 Å². The van der Waals surface area contributed by atoms with Crippen LogP contribution in [0.15, 0.2) is 42.7 Å². The van der Waals surface area contributed by atoms with Gasteiger partial charge in [0.2, 0.25) is 0 Å². The molecule has 1 heterocycles. The van der Waals surface area contributed by atoms with Gasteiger partial charge in [0, 0.05) is 11.8 Å². The number of aromatic nitrogens is 1. The molecule has 0 aliphatic heterocycles. The summed E-state index contributed by atoms with van der Waals surface area (Å²) in [5.74, 6) is -2.57. The Morgan fingerprint density at radius 2 is 1.73 bits per heavy atom. The molecule has 0 aliphatic rings. The number of aliphatic hydroxyl groups excluding tert-OH is 1. The summed E-state index contributed by atoms with van der Waals surface area (Å²) in [5.41, 5.74) is 6.96.